The van der Waals surface area contributed by atoms with Gasteiger partial charge in [0.05, 0.1) is 6.20 Å². The number of hydrogen-bond donors (Lipinski definition) is 1. The van der Waals surface area contributed by atoms with Crippen LogP contribution < -0.4 is 5.73 Å². The first kappa shape index (κ1) is 15.2. The average Bonchev–Trinajstić information content (AvgIpc) is 3.14. The molecule has 1 aromatic heterocycles. The number of likely N-dealkylation sites (tertiary alicyclic amines) is 1. The van der Waals surface area contributed by atoms with Crippen LogP contribution in [-0.4, -0.2) is 34.9 Å². The second-order valence-electron chi connectivity index (χ2n) is 5.49. The summed E-state index contributed by atoms with van der Waals surface area (Å²) in [4.78, 5) is 18.2. The zero-order valence-corrected chi connectivity index (χ0v) is 13.8. The van der Waals surface area contributed by atoms with Gasteiger partial charge >= 0.3 is 0 Å². The molecule has 0 bridgehead atoms. The largest absolute Gasteiger partial charge is 0.441 e. The van der Waals surface area contributed by atoms with Gasteiger partial charge in [-0.2, -0.15) is 0 Å². The number of benzene rings is 1. The Morgan fingerprint density at radius 1 is 1.45 bits per heavy atom. The number of aromatic nitrogens is 1. The lowest BCUT2D eigenvalue weighted by molar-refractivity contribution is -0.130. The summed E-state index contributed by atoms with van der Waals surface area (Å²) >= 11 is 3.49. The molecule has 1 aliphatic rings. The third-order valence-electron chi connectivity index (χ3n) is 3.82. The van der Waals surface area contributed by atoms with Crippen LogP contribution >= 0.6 is 15.9 Å². The van der Waals surface area contributed by atoms with Crippen molar-refractivity contribution >= 4 is 21.8 Å². The zero-order valence-electron chi connectivity index (χ0n) is 12.2. The van der Waals surface area contributed by atoms with Crippen molar-refractivity contribution in [2.75, 3.05) is 13.1 Å². The van der Waals surface area contributed by atoms with Gasteiger partial charge in [-0.05, 0) is 12.5 Å². The summed E-state index contributed by atoms with van der Waals surface area (Å²) in [6.07, 6.45) is 3.50. The SMILES string of the molecule is N[C@H]1CCN(C(=O)CCc2ncc(-c3ccccc3Br)o2)C1. The van der Waals surface area contributed by atoms with Crippen molar-refractivity contribution in [1.82, 2.24) is 9.88 Å². The first-order valence-electron chi connectivity index (χ1n) is 7.36. The number of carbonyl (C=O) groups is 1. The van der Waals surface area contributed by atoms with Gasteiger partial charge in [-0.1, -0.05) is 34.1 Å². The van der Waals surface area contributed by atoms with Crippen LogP contribution in [0.5, 0.6) is 0 Å². The topological polar surface area (TPSA) is 72.4 Å². The van der Waals surface area contributed by atoms with Gasteiger partial charge in [0.25, 0.3) is 0 Å². The fourth-order valence-electron chi connectivity index (χ4n) is 2.60. The number of nitrogens with two attached hydrogens (primary N) is 1. The summed E-state index contributed by atoms with van der Waals surface area (Å²) in [5.74, 6) is 1.41. The van der Waals surface area contributed by atoms with Crippen LogP contribution in [0.3, 0.4) is 0 Å². The van der Waals surface area contributed by atoms with E-state index in [1.54, 1.807) is 6.20 Å². The summed E-state index contributed by atoms with van der Waals surface area (Å²) in [5.41, 5.74) is 6.78. The molecule has 1 aromatic carbocycles. The molecule has 1 saturated heterocycles. The van der Waals surface area contributed by atoms with Crippen molar-refractivity contribution in [1.29, 1.82) is 0 Å². The summed E-state index contributed by atoms with van der Waals surface area (Å²) < 4.78 is 6.71. The Labute approximate surface area is 137 Å². The fraction of sp³-hybridized carbons (Fsp3) is 0.375. The molecule has 22 heavy (non-hydrogen) atoms. The number of aryl methyl sites for hydroxylation is 1. The molecule has 2 N–H and O–H groups in total. The van der Waals surface area contributed by atoms with Crippen molar-refractivity contribution in [2.24, 2.45) is 5.73 Å². The predicted molar refractivity (Wildman–Crippen MR) is 87.1 cm³/mol. The summed E-state index contributed by atoms with van der Waals surface area (Å²) in [7, 11) is 0. The monoisotopic (exact) mass is 363 g/mol. The molecule has 1 atom stereocenters. The lowest BCUT2D eigenvalue weighted by Crippen LogP contribution is -2.31. The summed E-state index contributed by atoms with van der Waals surface area (Å²) in [5, 5.41) is 0. The standard InChI is InChI=1S/C16H18BrN3O2/c17-13-4-2-1-3-12(13)14-9-19-15(22-14)5-6-16(21)20-8-7-11(18)10-20/h1-4,9,11H,5-8,10,18H2/t11-/m0/s1. The Morgan fingerprint density at radius 2 is 2.27 bits per heavy atom. The number of carbonyl (C=O) groups excluding carboxylic acids is 1. The first-order chi connectivity index (χ1) is 10.6. The van der Waals surface area contributed by atoms with Crippen molar-refractivity contribution in [2.45, 2.75) is 25.3 Å². The molecule has 2 heterocycles. The second-order valence-corrected chi connectivity index (χ2v) is 6.34. The van der Waals surface area contributed by atoms with Crippen LogP contribution in [0.4, 0.5) is 0 Å². The van der Waals surface area contributed by atoms with Gasteiger partial charge in [-0.3, -0.25) is 4.79 Å². The molecule has 0 radical (unpaired) electrons. The normalized spacial score (nSPS) is 17.9. The van der Waals surface area contributed by atoms with E-state index in [2.05, 4.69) is 20.9 Å². The zero-order chi connectivity index (χ0) is 15.5. The van der Waals surface area contributed by atoms with Crippen molar-refractivity contribution < 1.29 is 9.21 Å². The lowest BCUT2D eigenvalue weighted by Gasteiger charge is -2.14. The molecule has 1 fully saturated rings. The maximum absolute atomic E-state index is 12.1. The molecule has 3 rings (SSSR count). The minimum Gasteiger partial charge on any atom is -0.441 e. The summed E-state index contributed by atoms with van der Waals surface area (Å²) in [6.45, 7) is 1.42. The Bertz CT molecular complexity index is 671. The summed E-state index contributed by atoms with van der Waals surface area (Å²) in [6, 6.07) is 7.93. The number of amides is 1. The Kier molecular flexibility index (Phi) is 4.59. The predicted octanol–water partition coefficient (Wildman–Crippen LogP) is 2.60. The van der Waals surface area contributed by atoms with E-state index in [1.807, 2.05) is 29.2 Å². The van der Waals surface area contributed by atoms with Gasteiger partial charge in [0, 0.05) is 42.0 Å². The molecule has 0 aliphatic carbocycles. The second kappa shape index (κ2) is 6.62. The Hall–Kier alpha value is -1.66. The van der Waals surface area contributed by atoms with E-state index >= 15 is 0 Å². The van der Waals surface area contributed by atoms with Crippen molar-refractivity contribution in [3.05, 3.63) is 40.8 Å². The van der Waals surface area contributed by atoms with E-state index in [1.165, 1.54) is 0 Å². The maximum atomic E-state index is 12.1. The van der Waals surface area contributed by atoms with Gasteiger partial charge < -0.3 is 15.1 Å². The van der Waals surface area contributed by atoms with E-state index in [0.29, 0.717) is 31.0 Å². The fourth-order valence-corrected chi connectivity index (χ4v) is 3.08. The molecule has 0 spiro atoms. The maximum Gasteiger partial charge on any atom is 0.223 e. The average molecular weight is 364 g/mol. The highest BCUT2D eigenvalue weighted by Gasteiger charge is 2.23. The van der Waals surface area contributed by atoms with Crippen LogP contribution in [0.15, 0.2) is 39.4 Å². The minimum absolute atomic E-state index is 0.118. The highest BCUT2D eigenvalue weighted by Crippen LogP contribution is 2.28. The first-order valence-corrected chi connectivity index (χ1v) is 8.16. The van der Waals surface area contributed by atoms with Crippen LogP contribution in [-0.2, 0) is 11.2 Å². The highest BCUT2D eigenvalue weighted by atomic mass is 79.9. The van der Waals surface area contributed by atoms with E-state index in [4.69, 9.17) is 10.2 Å². The van der Waals surface area contributed by atoms with E-state index in [9.17, 15) is 4.79 Å². The quantitative estimate of drug-likeness (QED) is 0.905. The molecule has 2 aromatic rings. The minimum atomic E-state index is 0.118. The molecule has 5 nitrogen and oxygen atoms in total. The van der Waals surface area contributed by atoms with Gasteiger partial charge in [-0.15, -0.1) is 0 Å². The van der Waals surface area contributed by atoms with Crippen LogP contribution in [0.25, 0.3) is 11.3 Å². The molecule has 1 aliphatic heterocycles. The van der Waals surface area contributed by atoms with Crippen molar-refractivity contribution in [3.63, 3.8) is 0 Å². The van der Waals surface area contributed by atoms with Gasteiger partial charge in [-0.25, -0.2) is 4.98 Å². The lowest BCUT2D eigenvalue weighted by atomic mass is 10.2. The third-order valence-corrected chi connectivity index (χ3v) is 4.51. The highest BCUT2D eigenvalue weighted by molar-refractivity contribution is 9.10. The molecule has 116 valence electrons. The van der Waals surface area contributed by atoms with E-state index < -0.39 is 0 Å². The van der Waals surface area contributed by atoms with Gasteiger partial charge in [0.1, 0.15) is 0 Å². The van der Waals surface area contributed by atoms with Crippen LogP contribution in [0, 0.1) is 0 Å². The third kappa shape index (κ3) is 3.39. The Balaban J connectivity index is 1.60. The molecule has 0 saturated carbocycles. The van der Waals surface area contributed by atoms with E-state index in [0.717, 1.165) is 23.0 Å². The smallest absolute Gasteiger partial charge is 0.223 e. The number of nitrogens with zero attached hydrogens (tertiary/aromatic N) is 2. The number of rotatable bonds is 4. The number of halogens is 1. The molecule has 1 amide bonds. The molecular weight excluding hydrogens is 346 g/mol. The Morgan fingerprint density at radius 3 is 3.00 bits per heavy atom. The van der Waals surface area contributed by atoms with Crippen molar-refractivity contribution in [3.8, 4) is 11.3 Å². The molecular formula is C16H18BrN3O2. The molecule has 0 unspecified atom stereocenters. The number of hydrogen-bond acceptors (Lipinski definition) is 4. The van der Waals surface area contributed by atoms with Crippen LogP contribution in [0.1, 0.15) is 18.7 Å². The number of oxazole rings is 1. The van der Waals surface area contributed by atoms with Gasteiger partial charge in [0.2, 0.25) is 5.91 Å². The van der Waals surface area contributed by atoms with E-state index in [-0.39, 0.29) is 11.9 Å². The molecule has 6 heteroatoms. The van der Waals surface area contributed by atoms with Gasteiger partial charge in [0.15, 0.2) is 11.7 Å². The van der Waals surface area contributed by atoms with Crippen LogP contribution in [0.2, 0.25) is 0 Å².